The Morgan fingerprint density at radius 1 is 1.00 bits per heavy atom. The summed E-state index contributed by atoms with van der Waals surface area (Å²) in [7, 11) is 0. The molecule has 1 saturated heterocycles. The van der Waals surface area contributed by atoms with Crippen LogP contribution in [0.3, 0.4) is 0 Å². The fraction of sp³-hybridized carbons (Fsp3) is 0.333. The smallest absolute Gasteiger partial charge is 0.416 e. The van der Waals surface area contributed by atoms with Crippen LogP contribution in [0.15, 0.2) is 52.9 Å². The van der Waals surface area contributed by atoms with Gasteiger partial charge in [0.2, 0.25) is 5.89 Å². The van der Waals surface area contributed by atoms with Crippen LogP contribution in [-0.4, -0.2) is 41.8 Å². The molecule has 0 N–H and O–H groups in total. The highest BCUT2D eigenvalue weighted by molar-refractivity contribution is 5.94. The van der Waals surface area contributed by atoms with Gasteiger partial charge in [0.05, 0.1) is 11.3 Å². The zero-order valence-electron chi connectivity index (χ0n) is 17.9. The van der Waals surface area contributed by atoms with Crippen LogP contribution in [-0.2, 0) is 12.7 Å². The number of carbonyl (C=O) groups is 1. The molecule has 0 unspecified atom stereocenters. The van der Waals surface area contributed by atoms with Crippen LogP contribution in [0.4, 0.5) is 18.9 Å². The number of alkyl halides is 3. The average Bonchev–Trinajstić information content (AvgIpc) is 3.14. The van der Waals surface area contributed by atoms with Gasteiger partial charge in [0.25, 0.3) is 0 Å². The van der Waals surface area contributed by atoms with E-state index in [2.05, 4.69) is 14.8 Å². The third kappa shape index (κ3) is 4.85. The lowest BCUT2D eigenvalue weighted by molar-refractivity contribution is -0.137. The van der Waals surface area contributed by atoms with Gasteiger partial charge in [-0.15, -0.1) is 0 Å². The van der Waals surface area contributed by atoms with E-state index in [0.717, 1.165) is 49.7 Å². The van der Waals surface area contributed by atoms with E-state index in [4.69, 9.17) is 4.42 Å². The lowest BCUT2D eigenvalue weighted by Crippen LogP contribution is -2.46. The molecule has 1 aliphatic rings. The predicted molar refractivity (Wildman–Crippen MR) is 116 cm³/mol. The minimum Gasteiger partial charge on any atom is -0.441 e. The number of Topliss-reactive ketones (excluding diaryl/α,β-unsaturated/α-hetero) is 1. The molecule has 4 rings (SSSR count). The molecule has 1 aromatic heterocycles. The molecule has 0 bridgehead atoms. The van der Waals surface area contributed by atoms with E-state index in [-0.39, 0.29) is 5.78 Å². The molecule has 0 atom stereocenters. The number of rotatable bonds is 5. The number of carbonyl (C=O) groups excluding carboxylic acids is 1. The molecule has 8 heteroatoms. The van der Waals surface area contributed by atoms with Gasteiger partial charge in [-0.2, -0.15) is 13.2 Å². The molecule has 2 heterocycles. The van der Waals surface area contributed by atoms with Crippen molar-refractivity contribution in [2.75, 3.05) is 31.1 Å². The van der Waals surface area contributed by atoms with Gasteiger partial charge in [0.1, 0.15) is 5.76 Å². The Kier molecular flexibility index (Phi) is 6.06. The van der Waals surface area contributed by atoms with E-state index in [1.165, 1.54) is 12.1 Å². The predicted octanol–water partition coefficient (Wildman–Crippen LogP) is 5.19. The fourth-order valence-electron chi connectivity index (χ4n) is 3.78. The van der Waals surface area contributed by atoms with E-state index in [1.54, 1.807) is 6.92 Å². The van der Waals surface area contributed by atoms with Crippen molar-refractivity contribution in [3.05, 3.63) is 71.1 Å². The minimum atomic E-state index is -4.37. The Balaban J connectivity index is 1.37. The molecule has 168 valence electrons. The third-order valence-electron chi connectivity index (χ3n) is 5.74. The highest BCUT2D eigenvalue weighted by Gasteiger charge is 2.30. The number of hydrogen-bond donors (Lipinski definition) is 0. The van der Waals surface area contributed by atoms with Crippen molar-refractivity contribution in [3.63, 3.8) is 0 Å². The Labute approximate surface area is 184 Å². The zero-order chi connectivity index (χ0) is 22.9. The number of nitrogens with zero attached hydrogens (tertiary/aromatic N) is 3. The second kappa shape index (κ2) is 8.78. The van der Waals surface area contributed by atoms with Gasteiger partial charge >= 0.3 is 6.18 Å². The Bertz CT molecular complexity index is 1080. The van der Waals surface area contributed by atoms with Crippen LogP contribution >= 0.6 is 0 Å². The second-order valence-corrected chi connectivity index (χ2v) is 7.96. The highest BCUT2D eigenvalue weighted by atomic mass is 19.4. The first-order valence-electron chi connectivity index (χ1n) is 10.4. The van der Waals surface area contributed by atoms with Crippen LogP contribution in [0.2, 0.25) is 0 Å². The highest BCUT2D eigenvalue weighted by Crippen LogP contribution is 2.31. The quantitative estimate of drug-likeness (QED) is 0.508. The first-order chi connectivity index (χ1) is 15.2. The number of halogens is 3. The summed E-state index contributed by atoms with van der Waals surface area (Å²) >= 11 is 0. The molecule has 0 aliphatic carbocycles. The van der Waals surface area contributed by atoms with Gasteiger partial charge in [-0.3, -0.25) is 9.69 Å². The van der Waals surface area contributed by atoms with Crippen LogP contribution in [0.5, 0.6) is 0 Å². The molecule has 1 fully saturated rings. The van der Waals surface area contributed by atoms with Crippen LogP contribution < -0.4 is 4.90 Å². The minimum absolute atomic E-state index is 0.0556. The summed E-state index contributed by atoms with van der Waals surface area (Å²) in [5.74, 6) is 1.05. The van der Waals surface area contributed by atoms with Gasteiger partial charge in [0, 0.05) is 49.5 Å². The first-order valence-corrected chi connectivity index (χ1v) is 10.4. The summed E-state index contributed by atoms with van der Waals surface area (Å²) in [5.41, 5.74) is 2.42. The monoisotopic (exact) mass is 443 g/mol. The first kappa shape index (κ1) is 22.1. The number of ketones is 1. The van der Waals surface area contributed by atoms with Gasteiger partial charge in [-0.05, 0) is 62.4 Å². The second-order valence-electron chi connectivity index (χ2n) is 7.96. The average molecular weight is 443 g/mol. The van der Waals surface area contributed by atoms with Crippen molar-refractivity contribution in [3.8, 4) is 11.5 Å². The lowest BCUT2D eigenvalue weighted by atomic mass is 10.1. The van der Waals surface area contributed by atoms with Crippen molar-refractivity contribution in [2.24, 2.45) is 0 Å². The van der Waals surface area contributed by atoms with E-state index < -0.39 is 11.7 Å². The lowest BCUT2D eigenvalue weighted by Gasteiger charge is -2.35. The van der Waals surface area contributed by atoms with Crippen LogP contribution in [0, 0.1) is 6.92 Å². The largest absolute Gasteiger partial charge is 0.441 e. The molecule has 0 radical (unpaired) electrons. The SMILES string of the molecule is CC(=O)c1ccc(N2CCN(Cc3nc(-c4ccc(C(F)(F)F)cc4)oc3C)CC2)cc1. The Morgan fingerprint density at radius 3 is 2.19 bits per heavy atom. The molecule has 0 amide bonds. The number of oxazole rings is 1. The van der Waals surface area contributed by atoms with Crippen molar-refractivity contribution in [1.82, 2.24) is 9.88 Å². The number of anilines is 1. The van der Waals surface area contributed by atoms with E-state index in [0.29, 0.717) is 29.3 Å². The van der Waals surface area contributed by atoms with E-state index >= 15 is 0 Å². The number of aromatic nitrogens is 1. The molecular formula is C24H24F3N3O2. The maximum absolute atomic E-state index is 12.8. The number of hydrogen-bond acceptors (Lipinski definition) is 5. The molecule has 3 aromatic rings. The Morgan fingerprint density at radius 2 is 1.62 bits per heavy atom. The number of benzene rings is 2. The van der Waals surface area contributed by atoms with Crippen LogP contribution in [0.1, 0.15) is 34.3 Å². The van der Waals surface area contributed by atoms with E-state index in [1.807, 2.05) is 31.2 Å². The third-order valence-corrected chi connectivity index (χ3v) is 5.74. The maximum atomic E-state index is 12.8. The molecule has 32 heavy (non-hydrogen) atoms. The van der Waals surface area contributed by atoms with Gasteiger partial charge in [-0.25, -0.2) is 4.98 Å². The number of piperazine rings is 1. The fourth-order valence-corrected chi connectivity index (χ4v) is 3.78. The standard InChI is InChI=1S/C24H24F3N3O2/c1-16(31)18-5-9-21(10-6-18)30-13-11-29(12-14-30)15-22-17(2)32-23(28-22)19-3-7-20(8-4-19)24(25,26)27/h3-10H,11-15H2,1-2H3. The molecule has 5 nitrogen and oxygen atoms in total. The summed E-state index contributed by atoms with van der Waals surface area (Å²) in [5, 5.41) is 0. The molecular weight excluding hydrogens is 419 g/mol. The van der Waals surface area contributed by atoms with Crippen LogP contribution in [0.25, 0.3) is 11.5 Å². The maximum Gasteiger partial charge on any atom is 0.416 e. The summed E-state index contributed by atoms with van der Waals surface area (Å²) < 4.78 is 44.1. The summed E-state index contributed by atoms with van der Waals surface area (Å²) in [6.07, 6.45) is -4.37. The summed E-state index contributed by atoms with van der Waals surface area (Å²) in [6, 6.07) is 12.5. The number of aryl methyl sites for hydroxylation is 1. The van der Waals surface area contributed by atoms with Gasteiger partial charge in [0.15, 0.2) is 5.78 Å². The molecule has 0 spiro atoms. The molecule has 0 saturated carbocycles. The van der Waals surface area contributed by atoms with Crippen molar-refractivity contribution in [1.29, 1.82) is 0 Å². The zero-order valence-corrected chi connectivity index (χ0v) is 17.9. The van der Waals surface area contributed by atoms with E-state index in [9.17, 15) is 18.0 Å². The topological polar surface area (TPSA) is 49.6 Å². The van der Waals surface area contributed by atoms with Crippen molar-refractivity contribution in [2.45, 2.75) is 26.6 Å². The normalized spacial score (nSPS) is 15.2. The summed E-state index contributed by atoms with van der Waals surface area (Å²) in [4.78, 5) is 20.5. The van der Waals surface area contributed by atoms with Crippen molar-refractivity contribution >= 4 is 11.5 Å². The van der Waals surface area contributed by atoms with Gasteiger partial charge in [-0.1, -0.05) is 0 Å². The summed E-state index contributed by atoms with van der Waals surface area (Å²) in [6.45, 7) is 7.38. The van der Waals surface area contributed by atoms with Gasteiger partial charge < -0.3 is 9.32 Å². The Hall–Kier alpha value is -3.13. The van der Waals surface area contributed by atoms with Crippen molar-refractivity contribution < 1.29 is 22.4 Å². The molecule has 1 aliphatic heterocycles. The molecule has 2 aromatic carbocycles.